The molecule has 1 rings (SSSR count). The zero-order chi connectivity index (χ0) is 12.7. The molecule has 92 valence electrons. The topological polar surface area (TPSA) is 38.3 Å². The quantitative estimate of drug-likeness (QED) is 0.826. The maximum Gasteiger partial charge on any atom is 0.371 e. The fourth-order valence-corrected chi connectivity index (χ4v) is 1.65. The molecule has 0 bridgehead atoms. The minimum Gasteiger partial charge on any atom is -0.461 e. The molecule has 0 radical (unpaired) electrons. The Hall–Kier alpha value is -1.49. The summed E-state index contributed by atoms with van der Waals surface area (Å²) in [6.07, 6.45) is 0.737. The lowest BCUT2D eigenvalue weighted by Gasteiger charge is -2.08. The van der Waals surface area contributed by atoms with Crippen molar-refractivity contribution in [1.29, 1.82) is 0 Å². The van der Waals surface area contributed by atoms with Gasteiger partial charge in [0.15, 0.2) is 0 Å². The van der Waals surface area contributed by atoms with E-state index in [1.54, 1.807) is 17.5 Å². The molecule has 0 spiro atoms. The molecular weight excluding hydrogens is 241 g/mol. The molecule has 0 aliphatic carbocycles. The first-order valence-electron chi connectivity index (χ1n) is 5.12. The lowest BCUT2D eigenvalue weighted by atomic mass is 10.3. The van der Waals surface area contributed by atoms with Gasteiger partial charge in [-0.1, -0.05) is 6.92 Å². The summed E-state index contributed by atoms with van der Waals surface area (Å²) in [4.78, 5) is 10.9. The molecule has 3 nitrogen and oxygen atoms in total. The minimum absolute atomic E-state index is 0.276. The summed E-state index contributed by atoms with van der Waals surface area (Å²) < 4.78 is 17.2. The second-order valence-electron chi connectivity index (χ2n) is 3.20. The lowest BCUT2D eigenvalue weighted by Crippen LogP contribution is -1.98. The number of hydrogen-bond acceptors (Lipinski definition) is 4. The number of carbonyl (C=O) groups is 1. The summed E-state index contributed by atoms with van der Waals surface area (Å²) in [7, 11) is 1.34. The average molecular weight is 255 g/mol. The number of nitrogens with one attached hydrogen (secondary N) is 1. The van der Waals surface area contributed by atoms with Crippen molar-refractivity contribution < 1.29 is 13.9 Å². The molecule has 0 fully saturated rings. The zero-order valence-electron chi connectivity index (χ0n) is 9.70. The van der Waals surface area contributed by atoms with E-state index in [4.69, 9.17) is 0 Å². The summed E-state index contributed by atoms with van der Waals surface area (Å²) in [6, 6.07) is 6.04. The van der Waals surface area contributed by atoms with Crippen molar-refractivity contribution in [3.8, 4) is 0 Å². The number of allylic oxidation sites excluding steroid dienone is 1. The van der Waals surface area contributed by atoms with Crippen LogP contribution in [0.5, 0.6) is 0 Å². The molecule has 0 aliphatic heterocycles. The fourth-order valence-electron chi connectivity index (χ4n) is 1.09. The summed E-state index contributed by atoms with van der Waals surface area (Å²) in [5.74, 6) is -0.276. The van der Waals surface area contributed by atoms with Crippen molar-refractivity contribution in [3.05, 3.63) is 41.2 Å². The number of hydrogen-bond donors (Lipinski definition) is 1. The van der Waals surface area contributed by atoms with E-state index in [-0.39, 0.29) is 11.1 Å². The molecule has 0 heterocycles. The molecule has 17 heavy (non-hydrogen) atoms. The molecule has 0 unspecified atom stereocenters. The molecule has 0 aromatic heterocycles. The summed E-state index contributed by atoms with van der Waals surface area (Å²) in [5, 5.41) is 4.43. The number of methoxy groups -OCH3 is 1. The van der Waals surface area contributed by atoms with E-state index in [0.717, 1.165) is 29.6 Å². The highest BCUT2D eigenvalue weighted by Gasteiger charge is 2.01. The standard InChI is InChI=1S/C12H14FNO2S/c1-3-10(8-17-12(15)16-2)14-11-6-4-9(13)5-7-11/h4-8,14H,3H2,1-2H3/b10-8+. The summed E-state index contributed by atoms with van der Waals surface area (Å²) in [6.45, 7) is 1.96. The van der Waals surface area contributed by atoms with Gasteiger partial charge in [0.05, 0.1) is 7.11 Å². The minimum atomic E-state index is -0.364. The van der Waals surface area contributed by atoms with E-state index in [1.807, 2.05) is 6.92 Å². The maximum atomic E-state index is 12.7. The third-order valence-electron chi connectivity index (χ3n) is 1.99. The van der Waals surface area contributed by atoms with E-state index < -0.39 is 0 Å². The Morgan fingerprint density at radius 2 is 2.12 bits per heavy atom. The fraction of sp³-hybridized carbons (Fsp3) is 0.250. The monoisotopic (exact) mass is 255 g/mol. The van der Waals surface area contributed by atoms with E-state index >= 15 is 0 Å². The highest BCUT2D eigenvalue weighted by atomic mass is 32.2. The maximum absolute atomic E-state index is 12.7. The van der Waals surface area contributed by atoms with Crippen LogP contribution >= 0.6 is 11.8 Å². The van der Waals surface area contributed by atoms with Crippen LogP contribution in [0.3, 0.4) is 0 Å². The summed E-state index contributed by atoms with van der Waals surface area (Å²) in [5.41, 5.74) is 1.65. The van der Waals surface area contributed by atoms with Crippen LogP contribution in [0, 0.1) is 5.82 Å². The molecule has 0 aliphatic rings. The summed E-state index contributed by atoms with van der Waals surface area (Å²) >= 11 is 0.972. The van der Waals surface area contributed by atoms with Gasteiger partial charge in [-0.15, -0.1) is 0 Å². The number of benzene rings is 1. The van der Waals surface area contributed by atoms with Crippen LogP contribution in [0.2, 0.25) is 0 Å². The SMILES string of the molecule is CC/C(=C\SC(=O)OC)Nc1ccc(F)cc1. The number of halogens is 1. The smallest absolute Gasteiger partial charge is 0.371 e. The van der Waals surface area contributed by atoms with Gasteiger partial charge in [-0.25, -0.2) is 9.18 Å². The van der Waals surface area contributed by atoms with Crippen molar-refractivity contribution in [2.24, 2.45) is 0 Å². The molecule has 1 N–H and O–H groups in total. The second kappa shape index (κ2) is 6.96. The van der Waals surface area contributed by atoms with Crippen LogP contribution in [0.4, 0.5) is 14.9 Å². The van der Waals surface area contributed by atoms with Crippen LogP contribution in [0.1, 0.15) is 13.3 Å². The van der Waals surface area contributed by atoms with E-state index in [0.29, 0.717) is 0 Å². The van der Waals surface area contributed by atoms with Crippen molar-refractivity contribution in [1.82, 2.24) is 0 Å². The Kier molecular flexibility index (Phi) is 5.56. The van der Waals surface area contributed by atoms with Gasteiger partial charge in [0.1, 0.15) is 5.82 Å². The molecule has 0 saturated heterocycles. The Morgan fingerprint density at radius 3 is 2.65 bits per heavy atom. The van der Waals surface area contributed by atoms with Crippen molar-refractivity contribution in [2.45, 2.75) is 13.3 Å². The molecule has 0 saturated carbocycles. The van der Waals surface area contributed by atoms with E-state index in [2.05, 4.69) is 10.1 Å². The van der Waals surface area contributed by atoms with Crippen LogP contribution < -0.4 is 5.32 Å². The van der Waals surface area contributed by atoms with Gasteiger partial charge in [0.25, 0.3) is 0 Å². The van der Waals surface area contributed by atoms with Crippen LogP contribution in [0.15, 0.2) is 35.4 Å². The predicted octanol–water partition coefficient (Wildman–Crippen LogP) is 3.99. The third kappa shape index (κ3) is 4.91. The molecular formula is C12H14FNO2S. The second-order valence-corrected chi connectivity index (χ2v) is 4.01. The Bertz CT molecular complexity index is 403. The molecule has 0 amide bonds. The average Bonchev–Trinajstić information content (AvgIpc) is 2.36. The predicted molar refractivity (Wildman–Crippen MR) is 68.4 cm³/mol. The van der Waals surface area contributed by atoms with E-state index in [9.17, 15) is 9.18 Å². The van der Waals surface area contributed by atoms with E-state index in [1.165, 1.54) is 19.2 Å². The molecule has 5 heteroatoms. The van der Waals surface area contributed by atoms with Crippen LogP contribution in [-0.4, -0.2) is 12.4 Å². The molecule has 0 atom stereocenters. The van der Waals surface area contributed by atoms with Gasteiger partial charge in [-0.3, -0.25) is 0 Å². The zero-order valence-corrected chi connectivity index (χ0v) is 10.5. The number of carbonyl (C=O) groups excluding carboxylic acids is 1. The Balaban J connectivity index is 2.63. The first kappa shape index (κ1) is 13.6. The van der Waals surface area contributed by atoms with Gasteiger partial charge in [0.2, 0.25) is 0 Å². The molecule has 1 aromatic rings. The van der Waals surface area contributed by atoms with Crippen molar-refractivity contribution in [2.75, 3.05) is 12.4 Å². The van der Waals surface area contributed by atoms with Gasteiger partial charge in [0, 0.05) is 16.8 Å². The number of ether oxygens (including phenoxy) is 1. The highest BCUT2D eigenvalue weighted by Crippen LogP contribution is 2.16. The van der Waals surface area contributed by atoms with Gasteiger partial charge in [-0.2, -0.15) is 0 Å². The highest BCUT2D eigenvalue weighted by molar-refractivity contribution is 8.15. The van der Waals surface area contributed by atoms with Gasteiger partial charge >= 0.3 is 5.30 Å². The third-order valence-corrected chi connectivity index (χ3v) is 2.76. The van der Waals surface area contributed by atoms with Crippen LogP contribution in [0.25, 0.3) is 0 Å². The molecule has 1 aromatic carbocycles. The Labute approximate surface area is 104 Å². The van der Waals surface area contributed by atoms with Gasteiger partial charge < -0.3 is 10.1 Å². The van der Waals surface area contributed by atoms with Crippen LogP contribution in [-0.2, 0) is 4.74 Å². The largest absolute Gasteiger partial charge is 0.461 e. The van der Waals surface area contributed by atoms with Gasteiger partial charge in [-0.05, 0) is 42.4 Å². The number of rotatable bonds is 4. The van der Waals surface area contributed by atoms with Crippen molar-refractivity contribution in [3.63, 3.8) is 0 Å². The number of thioether (sulfide) groups is 1. The normalized spacial score (nSPS) is 11.1. The first-order chi connectivity index (χ1) is 8.15. The Morgan fingerprint density at radius 1 is 1.47 bits per heavy atom. The lowest BCUT2D eigenvalue weighted by molar-refractivity contribution is 0.200. The van der Waals surface area contributed by atoms with Crippen molar-refractivity contribution >= 4 is 22.8 Å². The number of anilines is 1. The first-order valence-corrected chi connectivity index (χ1v) is 6.00.